The Hall–Kier alpha value is -3.13. The van der Waals surface area contributed by atoms with Crippen LogP contribution in [0.15, 0.2) is 47.1 Å². The van der Waals surface area contributed by atoms with Gasteiger partial charge in [0.25, 0.3) is 11.8 Å². The Labute approximate surface area is 213 Å². The zero-order valence-corrected chi connectivity index (χ0v) is 21.8. The summed E-state index contributed by atoms with van der Waals surface area (Å²) in [6, 6.07) is 10.9. The lowest BCUT2D eigenvalue weighted by Crippen LogP contribution is -2.56. The quantitative estimate of drug-likeness (QED) is 0.531. The molecule has 4 amide bonds. The summed E-state index contributed by atoms with van der Waals surface area (Å²) in [5.41, 5.74) is 0.601. The molecule has 0 saturated carbocycles. The average Bonchev–Trinajstić information content (AvgIpc) is 3.48. The normalized spacial score (nSPS) is 21.1. The van der Waals surface area contributed by atoms with Gasteiger partial charge in [-0.3, -0.25) is 14.5 Å². The third-order valence-electron chi connectivity index (χ3n) is 7.48. The fourth-order valence-electron chi connectivity index (χ4n) is 5.32. The fourth-order valence-corrected chi connectivity index (χ4v) is 5.32. The molecular formula is C28H38N4O4. The number of carbonyl (C=O) groups excluding carboxylic acids is 3. The monoisotopic (exact) mass is 494 g/mol. The summed E-state index contributed by atoms with van der Waals surface area (Å²) in [7, 11) is 3.86. The van der Waals surface area contributed by atoms with Crippen LogP contribution in [-0.4, -0.2) is 78.4 Å². The molecule has 1 aromatic heterocycles. The van der Waals surface area contributed by atoms with Crippen molar-refractivity contribution in [2.45, 2.75) is 45.1 Å². The summed E-state index contributed by atoms with van der Waals surface area (Å²) < 4.78 is 5.48. The highest BCUT2D eigenvalue weighted by Crippen LogP contribution is 2.38. The molecule has 1 aromatic carbocycles. The van der Waals surface area contributed by atoms with Crippen LogP contribution in [0.4, 0.5) is 4.79 Å². The van der Waals surface area contributed by atoms with Gasteiger partial charge in [-0.05, 0) is 75.9 Å². The van der Waals surface area contributed by atoms with Gasteiger partial charge in [0, 0.05) is 37.3 Å². The van der Waals surface area contributed by atoms with Crippen molar-refractivity contribution in [3.8, 4) is 11.3 Å². The second-order valence-electron chi connectivity index (χ2n) is 10.7. The number of nitrogens with zero attached hydrogens (tertiary/aromatic N) is 3. The number of likely N-dealkylation sites (tertiary alicyclic amines) is 1. The average molecular weight is 495 g/mol. The summed E-state index contributed by atoms with van der Waals surface area (Å²) >= 11 is 0. The molecule has 0 radical (unpaired) electrons. The van der Waals surface area contributed by atoms with Gasteiger partial charge in [0.1, 0.15) is 11.3 Å². The molecule has 2 aliphatic rings. The van der Waals surface area contributed by atoms with E-state index in [1.54, 1.807) is 6.26 Å². The first-order valence-electron chi connectivity index (χ1n) is 12.9. The van der Waals surface area contributed by atoms with E-state index in [-0.39, 0.29) is 23.8 Å². The molecule has 0 spiro atoms. The largest absolute Gasteiger partial charge is 0.464 e. The molecule has 2 fully saturated rings. The van der Waals surface area contributed by atoms with E-state index in [1.807, 2.05) is 60.3 Å². The Morgan fingerprint density at radius 3 is 2.56 bits per heavy atom. The maximum absolute atomic E-state index is 13.7. The van der Waals surface area contributed by atoms with Crippen molar-refractivity contribution in [3.05, 3.63) is 48.2 Å². The van der Waals surface area contributed by atoms with Crippen LogP contribution in [0.1, 0.15) is 49.9 Å². The van der Waals surface area contributed by atoms with Crippen molar-refractivity contribution in [3.63, 3.8) is 0 Å². The van der Waals surface area contributed by atoms with E-state index in [0.717, 1.165) is 17.7 Å². The lowest BCUT2D eigenvalue weighted by molar-refractivity contribution is -0.134. The van der Waals surface area contributed by atoms with Gasteiger partial charge >= 0.3 is 6.03 Å². The van der Waals surface area contributed by atoms with Crippen molar-refractivity contribution in [2.24, 2.45) is 11.8 Å². The first-order chi connectivity index (χ1) is 17.2. The van der Waals surface area contributed by atoms with Gasteiger partial charge in [-0.1, -0.05) is 26.0 Å². The van der Waals surface area contributed by atoms with Crippen LogP contribution in [0.5, 0.6) is 0 Å². The molecule has 194 valence electrons. The highest BCUT2D eigenvalue weighted by Gasteiger charge is 2.55. The van der Waals surface area contributed by atoms with E-state index in [1.165, 1.54) is 4.90 Å². The van der Waals surface area contributed by atoms with E-state index in [0.29, 0.717) is 56.9 Å². The van der Waals surface area contributed by atoms with Crippen LogP contribution in [0.3, 0.4) is 0 Å². The number of furan rings is 1. The molecule has 2 aromatic rings. The number of rotatable bonds is 9. The first kappa shape index (κ1) is 25.9. The molecule has 3 heterocycles. The van der Waals surface area contributed by atoms with Crippen LogP contribution >= 0.6 is 0 Å². The summed E-state index contributed by atoms with van der Waals surface area (Å²) in [6.07, 6.45) is 4.45. The molecular weight excluding hydrogens is 456 g/mol. The number of urea groups is 1. The zero-order chi connectivity index (χ0) is 25.9. The molecule has 2 saturated heterocycles. The predicted octanol–water partition coefficient (Wildman–Crippen LogP) is 4.09. The van der Waals surface area contributed by atoms with Crippen molar-refractivity contribution in [1.82, 2.24) is 20.0 Å². The molecule has 36 heavy (non-hydrogen) atoms. The summed E-state index contributed by atoms with van der Waals surface area (Å²) in [5, 5.41) is 3.12. The minimum atomic E-state index is -0.887. The minimum Gasteiger partial charge on any atom is -0.464 e. The van der Waals surface area contributed by atoms with Crippen LogP contribution < -0.4 is 5.32 Å². The molecule has 1 N–H and O–H groups in total. The third-order valence-corrected chi connectivity index (χ3v) is 7.48. The number of hydrogen-bond donors (Lipinski definition) is 1. The molecule has 0 aliphatic carbocycles. The van der Waals surface area contributed by atoms with Gasteiger partial charge in [-0.25, -0.2) is 4.79 Å². The number of benzene rings is 1. The van der Waals surface area contributed by atoms with E-state index in [2.05, 4.69) is 19.2 Å². The molecule has 8 heteroatoms. The van der Waals surface area contributed by atoms with Crippen LogP contribution in [0.2, 0.25) is 0 Å². The topological polar surface area (TPSA) is 86.1 Å². The Morgan fingerprint density at radius 1 is 1.17 bits per heavy atom. The number of likely N-dealkylation sites (N-methyl/N-ethyl adjacent to an activating group) is 1. The first-order valence-corrected chi connectivity index (χ1v) is 12.9. The fraction of sp³-hybridized carbons (Fsp3) is 0.536. The van der Waals surface area contributed by atoms with Gasteiger partial charge in [0.2, 0.25) is 0 Å². The number of nitrogens with one attached hydrogen (secondary N) is 1. The van der Waals surface area contributed by atoms with Gasteiger partial charge in [-0.15, -0.1) is 0 Å². The molecule has 0 unspecified atom stereocenters. The Kier molecular flexibility index (Phi) is 7.83. The number of carbonyl (C=O) groups is 3. The predicted molar refractivity (Wildman–Crippen MR) is 138 cm³/mol. The number of imide groups is 1. The number of piperidine rings is 1. The second kappa shape index (κ2) is 10.9. The Balaban J connectivity index is 1.47. The maximum atomic E-state index is 13.7. The molecule has 1 atom stereocenters. The van der Waals surface area contributed by atoms with E-state index in [4.69, 9.17) is 4.42 Å². The summed E-state index contributed by atoms with van der Waals surface area (Å²) in [6.45, 7) is 6.39. The molecule has 4 rings (SSSR count). The van der Waals surface area contributed by atoms with Crippen molar-refractivity contribution in [2.75, 3.05) is 40.3 Å². The van der Waals surface area contributed by atoms with Gasteiger partial charge in [0.05, 0.1) is 6.26 Å². The van der Waals surface area contributed by atoms with E-state index in [9.17, 15) is 14.4 Å². The van der Waals surface area contributed by atoms with E-state index < -0.39 is 5.54 Å². The SMILES string of the molecule is CC(C)CC[C@@]1(C2CCN(C(=O)c3cccc(-c4ccco4)c3)CC2)NC(=O)N(CCN(C)C)C1=O. The lowest BCUT2D eigenvalue weighted by atomic mass is 9.73. The molecule has 2 aliphatic heterocycles. The van der Waals surface area contributed by atoms with Gasteiger partial charge in [0.15, 0.2) is 0 Å². The standard InChI is InChI=1S/C28H38N4O4/c1-20(2)10-13-28(26(34)32(27(35)29-28)17-16-30(3)4)23-11-14-31(15-12-23)25(33)22-8-5-7-21(19-22)24-9-6-18-36-24/h5-9,18-20,23H,10-17H2,1-4H3,(H,29,35)/t28-/m0/s1. The van der Waals surface area contributed by atoms with Crippen LogP contribution in [0, 0.1) is 11.8 Å². The Morgan fingerprint density at radius 2 is 1.92 bits per heavy atom. The highest BCUT2D eigenvalue weighted by molar-refractivity contribution is 6.07. The minimum absolute atomic E-state index is 0.00411. The highest BCUT2D eigenvalue weighted by atomic mass is 16.3. The number of amides is 4. The van der Waals surface area contributed by atoms with Crippen LogP contribution in [0.25, 0.3) is 11.3 Å². The number of hydrogen-bond acceptors (Lipinski definition) is 5. The third kappa shape index (κ3) is 5.33. The van der Waals surface area contributed by atoms with E-state index >= 15 is 0 Å². The second-order valence-corrected chi connectivity index (χ2v) is 10.7. The van der Waals surface area contributed by atoms with Crippen molar-refractivity contribution in [1.29, 1.82) is 0 Å². The van der Waals surface area contributed by atoms with Gasteiger partial charge in [-0.2, -0.15) is 0 Å². The summed E-state index contributed by atoms with van der Waals surface area (Å²) in [4.78, 5) is 45.1. The summed E-state index contributed by atoms with van der Waals surface area (Å²) in [5.74, 6) is 1.02. The van der Waals surface area contributed by atoms with Crippen molar-refractivity contribution < 1.29 is 18.8 Å². The van der Waals surface area contributed by atoms with Crippen LogP contribution in [-0.2, 0) is 4.79 Å². The van der Waals surface area contributed by atoms with Crippen molar-refractivity contribution >= 4 is 17.8 Å². The Bertz CT molecular complexity index is 1070. The van der Waals surface area contributed by atoms with Gasteiger partial charge < -0.3 is 19.5 Å². The zero-order valence-electron chi connectivity index (χ0n) is 21.8. The smallest absolute Gasteiger partial charge is 0.325 e. The maximum Gasteiger partial charge on any atom is 0.325 e. The lowest BCUT2D eigenvalue weighted by Gasteiger charge is -2.41. The molecule has 8 nitrogen and oxygen atoms in total. The molecule has 0 bridgehead atoms.